The lowest BCUT2D eigenvalue weighted by Crippen LogP contribution is -2.65. The molecule has 5 aliphatic heterocycles. The van der Waals surface area contributed by atoms with Gasteiger partial charge in [0, 0.05) is 24.5 Å². The zero-order chi connectivity index (χ0) is 63.6. The van der Waals surface area contributed by atoms with Crippen LogP contribution in [0.25, 0.3) is 0 Å². The van der Waals surface area contributed by atoms with E-state index in [0.29, 0.717) is 38.5 Å². The molecule has 0 aromatic heterocycles. The van der Waals surface area contributed by atoms with Crippen molar-refractivity contribution in [2.75, 3.05) is 19.8 Å². The summed E-state index contributed by atoms with van der Waals surface area (Å²) in [6.07, 6.45) is -36.1. The molecule has 31 heteroatoms. The minimum Gasteiger partial charge on any atom is -0.460 e. The van der Waals surface area contributed by atoms with Gasteiger partial charge in [-0.1, -0.05) is 12.2 Å². The van der Waals surface area contributed by atoms with E-state index in [2.05, 4.69) is 0 Å². The number of rotatable bonds is 18. The first-order valence-corrected chi connectivity index (χ1v) is 30.6. The monoisotopic (exact) mass is 1270 g/mol. The maximum absolute atomic E-state index is 13.2. The molecule has 31 atom stereocenters. The van der Waals surface area contributed by atoms with E-state index in [-0.39, 0.29) is 50.4 Å². The van der Waals surface area contributed by atoms with Crippen LogP contribution in [0.5, 0.6) is 0 Å². The highest BCUT2D eigenvalue weighted by molar-refractivity contribution is 5.82. The third kappa shape index (κ3) is 16.1. The SMILES string of the molecule is C[C@@H]1O[C@H](O[C@@H]2[C@@H](O)[C@H](O)[C@@H](OC3CC4C(CC(O)CC4O[C@H]4O[C@@H](CO)[C@H](O)[C@@H](O)[C@@H]4O)OC3C3CC(O)C(O)C(O)C3)O[C@H]2CO)[C@@H](O)[C@H](O)[C@H]1OC(=O)C=CC1CCC(O[C@@H]2O[C@@H](COC(=O)C=CC3CCC(O)C(O)C3)[C@H](O)[C@@H](O)[C@@H]2O)CC1. The quantitative estimate of drug-likeness (QED) is 0.0448. The topological polar surface area (TPSA) is 500 Å². The first-order chi connectivity index (χ1) is 41.8. The predicted octanol–water partition coefficient (Wildman–Crippen LogP) is -7.26. The van der Waals surface area contributed by atoms with Gasteiger partial charge in [-0.2, -0.15) is 0 Å². The highest BCUT2D eigenvalue weighted by atomic mass is 16.8. The molecule has 11 unspecified atom stereocenters. The lowest BCUT2D eigenvalue weighted by atomic mass is 9.72. The van der Waals surface area contributed by atoms with Crippen molar-refractivity contribution >= 4 is 11.9 Å². The van der Waals surface area contributed by atoms with Gasteiger partial charge in [-0.3, -0.25) is 0 Å². The van der Waals surface area contributed by atoms with Crippen LogP contribution in [-0.2, 0) is 61.7 Å². The number of hydrogen-bond donors (Lipinski definition) is 18. The van der Waals surface area contributed by atoms with E-state index in [1.807, 2.05) is 0 Å². The van der Waals surface area contributed by atoms with Gasteiger partial charge in [0.05, 0.1) is 80.4 Å². The molecule has 88 heavy (non-hydrogen) atoms. The number of ether oxygens (including phenoxy) is 11. The van der Waals surface area contributed by atoms with Gasteiger partial charge in [-0.25, -0.2) is 9.59 Å². The van der Waals surface area contributed by atoms with Crippen LogP contribution in [-0.4, -0.2) is 314 Å². The summed E-state index contributed by atoms with van der Waals surface area (Å²) in [5.41, 5.74) is 0. The molecule has 9 rings (SSSR count). The van der Waals surface area contributed by atoms with E-state index in [1.54, 1.807) is 12.2 Å². The number of carbonyl (C=O) groups is 2. The Balaban J connectivity index is 0.758. The zero-order valence-corrected chi connectivity index (χ0v) is 48.5. The Morgan fingerprint density at radius 2 is 0.977 bits per heavy atom. The van der Waals surface area contributed by atoms with Crippen molar-refractivity contribution in [3.05, 3.63) is 24.3 Å². The molecule has 5 heterocycles. The Labute approximate surface area is 506 Å². The van der Waals surface area contributed by atoms with Crippen LogP contribution in [0.2, 0.25) is 0 Å². The fourth-order valence-corrected chi connectivity index (χ4v) is 13.8. The van der Waals surface area contributed by atoms with Crippen molar-refractivity contribution in [1.29, 1.82) is 0 Å². The molecule has 0 amide bonds. The molecule has 4 aliphatic carbocycles. The normalized spacial score (nSPS) is 50.6. The molecule has 31 nitrogen and oxygen atoms in total. The molecule has 504 valence electrons. The minimum atomic E-state index is -1.98. The maximum Gasteiger partial charge on any atom is 0.330 e. The summed E-state index contributed by atoms with van der Waals surface area (Å²) in [7, 11) is 0. The fourth-order valence-electron chi connectivity index (χ4n) is 13.8. The smallest absolute Gasteiger partial charge is 0.330 e. The summed E-state index contributed by atoms with van der Waals surface area (Å²) in [6, 6.07) is 0. The third-order valence-electron chi connectivity index (χ3n) is 19.0. The Morgan fingerprint density at radius 3 is 1.61 bits per heavy atom. The van der Waals surface area contributed by atoms with Crippen LogP contribution in [0.15, 0.2) is 24.3 Å². The van der Waals surface area contributed by atoms with Crippen LogP contribution in [0, 0.1) is 23.7 Å². The number of carbonyl (C=O) groups excluding carboxylic acids is 2. The first-order valence-electron chi connectivity index (χ1n) is 30.6. The average Bonchev–Trinajstić information content (AvgIpc) is 1.59. The molecule has 0 bridgehead atoms. The van der Waals surface area contributed by atoms with Gasteiger partial charge in [0.2, 0.25) is 0 Å². The summed E-state index contributed by atoms with van der Waals surface area (Å²) in [5, 5.41) is 192. The van der Waals surface area contributed by atoms with Gasteiger partial charge < -0.3 is 144 Å². The second kappa shape index (κ2) is 30.6. The summed E-state index contributed by atoms with van der Waals surface area (Å²) >= 11 is 0. The van der Waals surface area contributed by atoms with Crippen molar-refractivity contribution in [3.8, 4) is 0 Å². The third-order valence-corrected chi connectivity index (χ3v) is 19.0. The van der Waals surface area contributed by atoms with Crippen molar-refractivity contribution < 1.29 is 154 Å². The van der Waals surface area contributed by atoms with E-state index < -0.39 is 234 Å². The molecule has 0 aromatic rings. The van der Waals surface area contributed by atoms with Crippen molar-refractivity contribution in [2.24, 2.45) is 23.7 Å². The molecule has 18 N–H and O–H groups in total. The lowest BCUT2D eigenvalue weighted by molar-refractivity contribution is -0.369. The van der Waals surface area contributed by atoms with Gasteiger partial charge in [-0.05, 0) is 95.3 Å². The standard InChI is InChI=1S/C57H90O31/c1-21-51(87-39(66)11-5-22-2-7-26(8-3-22)80-55-47(74)44(71)42(69)37(86-55)20-78-38(65)10-6-23-4-9-28(61)29(62)12-23)45(72)49(76)54(79-21)88-53-36(19-59)85-57(50(77)46(53)73)83-34-17-27-32(81-52(34)24-13-30(63)40(67)31(64)14-24)15-25(60)16-33(27)82-56-48(75)43(70)41(68)35(18-58)84-56/h5-6,10-11,21-37,40-64,67-77H,2-4,7-9,12-20H2,1H3/t21-,22?,23?,24?,25?,26?,27?,28?,29?,30?,31?,32?,33?,34?,35-,36-,37-,40?,41-,42-,43+,44+,45-,46-,47-,48-,49-,50-,51-,52?,53-,54+,55+,56-,57-/m0/s1. The number of aliphatic hydroxyl groups is 18. The molecular formula is C57H90O31. The van der Waals surface area contributed by atoms with Crippen LogP contribution >= 0.6 is 0 Å². The fraction of sp³-hybridized carbons (Fsp3) is 0.895. The van der Waals surface area contributed by atoms with E-state index in [0.717, 1.165) is 6.08 Å². The van der Waals surface area contributed by atoms with Gasteiger partial charge >= 0.3 is 11.9 Å². The largest absolute Gasteiger partial charge is 0.460 e. The van der Waals surface area contributed by atoms with Crippen molar-refractivity contribution in [1.82, 2.24) is 0 Å². The van der Waals surface area contributed by atoms with Gasteiger partial charge in [0.15, 0.2) is 31.3 Å². The summed E-state index contributed by atoms with van der Waals surface area (Å²) < 4.78 is 65.1. The highest BCUT2D eigenvalue weighted by Crippen LogP contribution is 2.46. The summed E-state index contributed by atoms with van der Waals surface area (Å²) in [5.74, 6) is -3.41. The number of fused-ring (bicyclic) bond motifs is 1. The molecular weight excluding hydrogens is 1180 g/mol. The summed E-state index contributed by atoms with van der Waals surface area (Å²) in [6.45, 7) is -0.685. The van der Waals surface area contributed by atoms with Crippen molar-refractivity contribution in [2.45, 2.75) is 274 Å². The maximum atomic E-state index is 13.2. The van der Waals surface area contributed by atoms with E-state index in [4.69, 9.17) is 52.1 Å². The van der Waals surface area contributed by atoms with Gasteiger partial charge in [0.25, 0.3) is 0 Å². The second-order valence-electron chi connectivity index (χ2n) is 25.2. The summed E-state index contributed by atoms with van der Waals surface area (Å²) in [4.78, 5) is 25.6. The molecule has 9 fully saturated rings. The Morgan fingerprint density at radius 1 is 0.443 bits per heavy atom. The number of hydrogen-bond acceptors (Lipinski definition) is 31. The highest BCUT2D eigenvalue weighted by Gasteiger charge is 2.57. The van der Waals surface area contributed by atoms with E-state index >= 15 is 0 Å². The molecule has 5 saturated heterocycles. The van der Waals surface area contributed by atoms with Gasteiger partial charge in [0.1, 0.15) is 98.2 Å². The Hall–Kier alpha value is -2.66. The first kappa shape index (κ1) is 69.7. The number of aliphatic hydroxyl groups excluding tert-OH is 18. The Bertz CT molecular complexity index is 2260. The predicted molar refractivity (Wildman–Crippen MR) is 287 cm³/mol. The number of allylic oxidation sites excluding steroid dienone is 2. The van der Waals surface area contributed by atoms with Crippen molar-refractivity contribution in [3.63, 3.8) is 0 Å². The molecule has 0 radical (unpaired) electrons. The second-order valence-corrected chi connectivity index (χ2v) is 25.2. The van der Waals surface area contributed by atoms with Crippen LogP contribution < -0.4 is 0 Å². The van der Waals surface area contributed by atoms with Gasteiger partial charge in [-0.15, -0.1) is 0 Å². The van der Waals surface area contributed by atoms with E-state index in [9.17, 15) is 102 Å². The molecule has 0 aromatic carbocycles. The Kier molecular flexibility index (Phi) is 24.2. The lowest BCUT2D eigenvalue weighted by Gasteiger charge is -2.53. The average molecular weight is 1270 g/mol. The van der Waals surface area contributed by atoms with Crippen LogP contribution in [0.4, 0.5) is 0 Å². The van der Waals surface area contributed by atoms with E-state index in [1.165, 1.54) is 13.0 Å². The van der Waals surface area contributed by atoms with Crippen LogP contribution in [0.1, 0.15) is 84.0 Å². The molecule has 4 saturated carbocycles. The molecule has 9 aliphatic rings. The number of esters is 2. The zero-order valence-electron chi connectivity index (χ0n) is 48.5. The van der Waals surface area contributed by atoms with Crippen LogP contribution in [0.3, 0.4) is 0 Å². The molecule has 0 spiro atoms. The minimum absolute atomic E-state index is 0.0314.